The highest BCUT2D eigenvalue weighted by Crippen LogP contribution is 2.10. The average molecular weight is 255 g/mol. The molecule has 18 heavy (non-hydrogen) atoms. The number of hydrogen-bond donors (Lipinski definition) is 2. The van der Waals surface area contributed by atoms with Crippen molar-refractivity contribution in [1.82, 2.24) is 10.6 Å². The molecule has 5 heteroatoms. The third kappa shape index (κ3) is 6.02. The van der Waals surface area contributed by atoms with Crippen molar-refractivity contribution in [3.05, 3.63) is 11.6 Å². The maximum atomic E-state index is 5.28. The van der Waals surface area contributed by atoms with Crippen molar-refractivity contribution < 1.29 is 9.47 Å². The fourth-order valence-electron chi connectivity index (χ4n) is 1.85. The lowest BCUT2D eigenvalue weighted by molar-refractivity contribution is 0.153. The molecule has 0 aliphatic carbocycles. The number of guanidine groups is 1. The average Bonchev–Trinajstić information content (AvgIpc) is 2.39. The lowest BCUT2D eigenvalue weighted by Gasteiger charge is -2.18. The molecule has 0 aromatic heterocycles. The molecule has 0 aromatic carbocycles. The van der Waals surface area contributed by atoms with Gasteiger partial charge in [-0.25, -0.2) is 0 Å². The molecular weight excluding hydrogens is 230 g/mol. The zero-order valence-electron chi connectivity index (χ0n) is 11.7. The predicted molar refractivity (Wildman–Crippen MR) is 74.0 cm³/mol. The molecular formula is C13H25N3O2. The first-order chi connectivity index (χ1) is 8.76. The number of nitrogens with one attached hydrogen (secondary N) is 2. The SMILES string of the molecule is CN=C(NCCC1=CCOCC1)NC(C)COC. The van der Waals surface area contributed by atoms with Crippen LogP contribution in [0.1, 0.15) is 19.8 Å². The summed E-state index contributed by atoms with van der Waals surface area (Å²) < 4.78 is 10.4. The van der Waals surface area contributed by atoms with Gasteiger partial charge in [0, 0.05) is 26.7 Å². The Morgan fingerprint density at radius 1 is 1.61 bits per heavy atom. The molecule has 1 heterocycles. The zero-order chi connectivity index (χ0) is 13.2. The van der Waals surface area contributed by atoms with Crippen LogP contribution in [0, 0.1) is 0 Å². The minimum Gasteiger partial charge on any atom is -0.383 e. The quantitative estimate of drug-likeness (QED) is 0.421. The largest absolute Gasteiger partial charge is 0.383 e. The van der Waals surface area contributed by atoms with Crippen molar-refractivity contribution in [2.45, 2.75) is 25.8 Å². The third-order valence-corrected chi connectivity index (χ3v) is 2.82. The van der Waals surface area contributed by atoms with E-state index in [1.54, 1.807) is 14.2 Å². The van der Waals surface area contributed by atoms with E-state index in [2.05, 4.69) is 28.6 Å². The van der Waals surface area contributed by atoms with E-state index in [-0.39, 0.29) is 6.04 Å². The molecule has 0 radical (unpaired) electrons. The highest BCUT2D eigenvalue weighted by Gasteiger charge is 2.06. The zero-order valence-corrected chi connectivity index (χ0v) is 11.7. The van der Waals surface area contributed by atoms with Gasteiger partial charge in [-0.3, -0.25) is 4.99 Å². The predicted octanol–water partition coefficient (Wildman–Crippen LogP) is 0.923. The molecule has 1 aliphatic rings. The van der Waals surface area contributed by atoms with Crippen LogP contribution < -0.4 is 10.6 Å². The first-order valence-electron chi connectivity index (χ1n) is 6.48. The van der Waals surface area contributed by atoms with E-state index in [4.69, 9.17) is 9.47 Å². The number of hydrogen-bond acceptors (Lipinski definition) is 3. The third-order valence-electron chi connectivity index (χ3n) is 2.82. The van der Waals surface area contributed by atoms with Crippen LogP contribution in [0.2, 0.25) is 0 Å². The Bertz CT molecular complexity index is 290. The number of nitrogens with zero attached hydrogens (tertiary/aromatic N) is 1. The summed E-state index contributed by atoms with van der Waals surface area (Å²) in [7, 11) is 3.48. The fourth-order valence-corrected chi connectivity index (χ4v) is 1.85. The number of methoxy groups -OCH3 is 1. The van der Waals surface area contributed by atoms with Gasteiger partial charge in [-0.1, -0.05) is 11.6 Å². The first-order valence-corrected chi connectivity index (χ1v) is 6.48. The summed E-state index contributed by atoms with van der Waals surface area (Å²) in [5, 5.41) is 6.58. The van der Waals surface area contributed by atoms with Crippen LogP contribution >= 0.6 is 0 Å². The summed E-state index contributed by atoms with van der Waals surface area (Å²) in [6.45, 7) is 5.24. The lowest BCUT2D eigenvalue weighted by Crippen LogP contribution is -2.44. The van der Waals surface area contributed by atoms with E-state index in [1.807, 2.05) is 0 Å². The highest BCUT2D eigenvalue weighted by molar-refractivity contribution is 5.79. The molecule has 1 rings (SSSR count). The standard InChI is InChI=1S/C13H25N3O2/c1-11(10-17-3)16-13(14-2)15-7-4-12-5-8-18-9-6-12/h5,11H,4,6-10H2,1-3H3,(H2,14,15,16). The minimum atomic E-state index is 0.253. The van der Waals surface area contributed by atoms with E-state index in [0.29, 0.717) is 6.61 Å². The molecule has 0 bridgehead atoms. The van der Waals surface area contributed by atoms with E-state index < -0.39 is 0 Å². The van der Waals surface area contributed by atoms with E-state index in [0.717, 1.165) is 38.6 Å². The van der Waals surface area contributed by atoms with E-state index in [9.17, 15) is 0 Å². The van der Waals surface area contributed by atoms with Crippen LogP contribution in [0.3, 0.4) is 0 Å². The van der Waals surface area contributed by atoms with Crippen molar-refractivity contribution in [2.24, 2.45) is 4.99 Å². The van der Waals surface area contributed by atoms with E-state index in [1.165, 1.54) is 5.57 Å². The Morgan fingerprint density at radius 2 is 2.44 bits per heavy atom. The molecule has 5 nitrogen and oxygen atoms in total. The van der Waals surface area contributed by atoms with Crippen molar-refractivity contribution in [3.63, 3.8) is 0 Å². The van der Waals surface area contributed by atoms with Gasteiger partial charge in [0.2, 0.25) is 0 Å². The molecule has 1 aliphatic heterocycles. The number of aliphatic imine (C=N–C) groups is 1. The van der Waals surface area contributed by atoms with Gasteiger partial charge < -0.3 is 20.1 Å². The van der Waals surface area contributed by atoms with Gasteiger partial charge in [-0.05, 0) is 19.8 Å². The Hall–Kier alpha value is -1.07. The number of ether oxygens (including phenoxy) is 2. The second-order valence-corrected chi connectivity index (χ2v) is 4.44. The molecule has 1 atom stereocenters. The van der Waals surface area contributed by atoms with Gasteiger partial charge in [-0.2, -0.15) is 0 Å². The number of rotatable bonds is 6. The molecule has 2 N–H and O–H groups in total. The second kappa shape index (κ2) is 8.94. The first kappa shape index (κ1) is 15.0. The van der Waals surface area contributed by atoms with Gasteiger partial charge in [0.1, 0.15) is 0 Å². The molecule has 1 unspecified atom stereocenters. The minimum absolute atomic E-state index is 0.253. The summed E-state index contributed by atoms with van der Waals surface area (Å²) in [5.41, 5.74) is 1.47. The van der Waals surface area contributed by atoms with Crippen LogP contribution in [0.5, 0.6) is 0 Å². The summed E-state index contributed by atoms with van der Waals surface area (Å²) in [6.07, 6.45) is 4.27. The second-order valence-electron chi connectivity index (χ2n) is 4.44. The normalized spacial score (nSPS) is 18.2. The molecule has 0 saturated carbocycles. The van der Waals surface area contributed by atoms with Gasteiger partial charge in [0.05, 0.1) is 19.8 Å². The molecule has 0 amide bonds. The van der Waals surface area contributed by atoms with Crippen LogP contribution in [0.4, 0.5) is 0 Å². The van der Waals surface area contributed by atoms with Crippen molar-refractivity contribution >= 4 is 5.96 Å². The Balaban J connectivity index is 2.21. The maximum Gasteiger partial charge on any atom is 0.191 e. The van der Waals surface area contributed by atoms with Crippen molar-refractivity contribution in [3.8, 4) is 0 Å². The van der Waals surface area contributed by atoms with Gasteiger partial charge in [-0.15, -0.1) is 0 Å². The summed E-state index contributed by atoms with van der Waals surface area (Å²) >= 11 is 0. The van der Waals surface area contributed by atoms with Gasteiger partial charge in [0.15, 0.2) is 5.96 Å². The smallest absolute Gasteiger partial charge is 0.191 e. The Labute approximate surface area is 110 Å². The van der Waals surface area contributed by atoms with Gasteiger partial charge in [0.25, 0.3) is 0 Å². The van der Waals surface area contributed by atoms with Crippen molar-refractivity contribution in [2.75, 3.05) is 40.5 Å². The fraction of sp³-hybridized carbons (Fsp3) is 0.769. The van der Waals surface area contributed by atoms with Crippen LogP contribution in [-0.2, 0) is 9.47 Å². The van der Waals surface area contributed by atoms with Crippen LogP contribution in [-0.4, -0.2) is 52.5 Å². The monoisotopic (exact) mass is 255 g/mol. The van der Waals surface area contributed by atoms with Crippen LogP contribution in [0.15, 0.2) is 16.6 Å². The van der Waals surface area contributed by atoms with E-state index >= 15 is 0 Å². The molecule has 0 fully saturated rings. The molecule has 0 saturated heterocycles. The van der Waals surface area contributed by atoms with Crippen molar-refractivity contribution in [1.29, 1.82) is 0 Å². The van der Waals surface area contributed by atoms with Gasteiger partial charge >= 0.3 is 0 Å². The molecule has 104 valence electrons. The summed E-state index contributed by atoms with van der Waals surface area (Å²) in [6, 6.07) is 0.253. The maximum absolute atomic E-state index is 5.28. The summed E-state index contributed by atoms with van der Waals surface area (Å²) in [5.74, 6) is 0.826. The summed E-state index contributed by atoms with van der Waals surface area (Å²) in [4.78, 5) is 4.19. The topological polar surface area (TPSA) is 54.9 Å². The highest BCUT2D eigenvalue weighted by atomic mass is 16.5. The van der Waals surface area contributed by atoms with Crippen LogP contribution in [0.25, 0.3) is 0 Å². The molecule has 0 aromatic rings. The Kier molecular flexibility index (Phi) is 7.44. The molecule has 0 spiro atoms. The lowest BCUT2D eigenvalue weighted by atomic mass is 10.1. The Morgan fingerprint density at radius 3 is 3.06 bits per heavy atom.